The number of amides is 1. The molecule has 1 amide bonds. The highest BCUT2D eigenvalue weighted by atomic mass is 32.1. The average Bonchev–Trinajstić information content (AvgIpc) is 3.20. The molecule has 1 aromatic heterocycles. The minimum Gasteiger partial charge on any atom is -0.496 e. The normalized spacial score (nSPS) is 10.6. The number of hydrogen-bond acceptors (Lipinski definition) is 5. The molecule has 2 aromatic carbocycles. The van der Waals surface area contributed by atoms with Gasteiger partial charge in [0.15, 0.2) is 5.13 Å². The number of benzene rings is 2. The SMILES string of the molecule is CCCCCOc1ccc(C(=O)Nc2nc(-c3ccc(OC)c(C)c3)cs2)cc1. The number of hydrogen-bond donors (Lipinski definition) is 1. The summed E-state index contributed by atoms with van der Waals surface area (Å²) in [5.74, 6) is 1.44. The molecule has 5 nitrogen and oxygen atoms in total. The Labute approximate surface area is 175 Å². The van der Waals surface area contributed by atoms with Gasteiger partial charge in [-0.25, -0.2) is 4.98 Å². The summed E-state index contributed by atoms with van der Waals surface area (Å²) in [6.07, 6.45) is 3.37. The van der Waals surface area contributed by atoms with Crippen LogP contribution in [-0.2, 0) is 0 Å². The molecule has 0 unspecified atom stereocenters. The third kappa shape index (κ3) is 5.57. The molecule has 3 aromatic rings. The molecule has 0 aliphatic heterocycles. The van der Waals surface area contributed by atoms with E-state index in [1.54, 1.807) is 19.2 Å². The molecule has 0 spiro atoms. The van der Waals surface area contributed by atoms with Crippen LogP contribution in [0.4, 0.5) is 5.13 Å². The maximum absolute atomic E-state index is 12.5. The maximum Gasteiger partial charge on any atom is 0.257 e. The van der Waals surface area contributed by atoms with Crippen molar-refractivity contribution in [3.05, 3.63) is 59.0 Å². The molecule has 29 heavy (non-hydrogen) atoms. The number of aryl methyl sites for hydroxylation is 1. The molecule has 6 heteroatoms. The first-order valence-corrected chi connectivity index (χ1v) is 10.6. The Balaban J connectivity index is 1.60. The van der Waals surface area contributed by atoms with Crippen LogP contribution in [0.25, 0.3) is 11.3 Å². The number of methoxy groups -OCH3 is 1. The van der Waals surface area contributed by atoms with Gasteiger partial charge >= 0.3 is 0 Å². The molecule has 0 saturated carbocycles. The van der Waals surface area contributed by atoms with Crippen molar-refractivity contribution in [1.29, 1.82) is 0 Å². The summed E-state index contributed by atoms with van der Waals surface area (Å²) in [7, 11) is 1.66. The van der Waals surface area contributed by atoms with Crippen molar-refractivity contribution in [2.24, 2.45) is 0 Å². The van der Waals surface area contributed by atoms with Crippen molar-refractivity contribution in [1.82, 2.24) is 4.98 Å². The predicted octanol–water partition coefficient (Wildman–Crippen LogP) is 5.95. The number of carbonyl (C=O) groups is 1. The van der Waals surface area contributed by atoms with Gasteiger partial charge in [0, 0.05) is 16.5 Å². The molecule has 0 atom stereocenters. The highest BCUT2D eigenvalue weighted by molar-refractivity contribution is 7.14. The van der Waals surface area contributed by atoms with Gasteiger partial charge in [-0.3, -0.25) is 10.1 Å². The first-order chi connectivity index (χ1) is 14.1. The van der Waals surface area contributed by atoms with Crippen molar-refractivity contribution in [2.75, 3.05) is 19.0 Å². The lowest BCUT2D eigenvalue weighted by Crippen LogP contribution is -2.11. The van der Waals surface area contributed by atoms with Gasteiger partial charge in [-0.15, -0.1) is 11.3 Å². The Hall–Kier alpha value is -2.86. The van der Waals surface area contributed by atoms with Gasteiger partial charge in [0.2, 0.25) is 0 Å². The van der Waals surface area contributed by atoms with Crippen molar-refractivity contribution >= 4 is 22.4 Å². The van der Waals surface area contributed by atoms with E-state index in [0.29, 0.717) is 17.3 Å². The summed E-state index contributed by atoms with van der Waals surface area (Å²) < 4.78 is 11.0. The first kappa shape index (κ1) is 20.9. The quantitative estimate of drug-likeness (QED) is 0.443. The van der Waals surface area contributed by atoms with Crippen LogP contribution >= 0.6 is 11.3 Å². The Kier molecular flexibility index (Phi) is 7.25. The summed E-state index contributed by atoms with van der Waals surface area (Å²) in [5.41, 5.74) is 3.43. The zero-order valence-corrected chi connectivity index (χ0v) is 17.8. The van der Waals surface area contributed by atoms with E-state index >= 15 is 0 Å². The fourth-order valence-corrected chi connectivity index (χ4v) is 3.63. The van der Waals surface area contributed by atoms with Gasteiger partial charge in [0.25, 0.3) is 5.91 Å². The molecule has 0 bridgehead atoms. The Bertz CT molecular complexity index is 951. The van der Waals surface area contributed by atoms with Gasteiger partial charge in [0.1, 0.15) is 11.5 Å². The number of ether oxygens (including phenoxy) is 2. The molecule has 0 radical (unpaired) electrons. The Morgan fingerprint density at radius 1 is 1.14 bits per heavy atom. The Morgan fingerprint density at radius 3 is 2.62 bits per heavy atom. The molecule has 3 rings (SSSR count). The maximum atomic E-state index is 12.5. The smallest absolute Gasteiger partial charge is 0.257 e. The number of nitrogens with one attached hydrogen (secondary N) is 1. The monoisotopic (exact) mass is 410 g/mol. The number of nitrogens with zero attached hydrogens (tertiary/aromatic N) is 1. The van der Waals surface area contributed by atoms with Gasteiger partial charge in [-0.05, 0) is 61.4 Å². The van der Waals surface area contributed by atoms with Gasteiger partial charge < -0.3 is 9.47 Å². The molecule has 0 saturated heterocycles. The molecule has 0 aliphatic carbocycles. The van der Waals surface area contributed by atoms with Crippen LogP contribution in [0.1, 0.15) is 42.1 Å². The second-order valence-corrected chi connectivity index (χ2v) is 7.61. The zero-order chi connectivity index (χ0) is 20.6. The highest BCUT2D eigenvalue weighted by Gasteiger charge is 2.11. The lowest BCUT2D eigenvalue weighted by Gasteiger charge is -2.07. The van der Waals surface area contributed by atoms with Crippen LogP contribution < -0.4 is 14.8 Å². The van der Waals surface area contributed by atoms with Crippen molar-refractivity contribution in [3.63, 3.8) is 0 Å². The summed E-state index contributed by atoms with van der Waals surface area (Å²) in [4.78, 5) is 17.0. The predicted molar refractivity (Wildman–Crippen MR) is 118 cm³/mol. The lowest BCUT2D eigenvalue weighted by molar-refractivity contribution is 0.102. The summed E-state index contributed by atoms with van der Waals surface area (Å²) in [5, 5.41) is 5.37. The number of thiazole rings is 1. The van der Waals surface area contributed by atoms with Crippen LogP contribution in [0.15, 0.2) is 47.8 Å². The molecule has 1 N–H and O–H groups in total. The minimum atomic E-state index is -0.186. The molecular formula is C23H26N2O3S. The second-order valence-electron chi connectivity index (χ2n) is 6.76. The molecule has 152 valence electrons. The standard InChI is InChI=1S/C23H26N2O3S/c1-4-5-6-13-28-19-10-7-17(8-11-19)22(26)25-23-24-20(15-29-23)18-9-12-21(27-3)16(2)14-18/h7-12,14-15H,4-6,13H2,1-3H3,(H,24,25,26). The number of unbranched alkanes of at least 4 members (excludes halogenated alkanes) is 2. The van der Waals surface area contributed by atoms with Crippen LogP contribution in [0.3, 0.4) is 0 Å². The van der Waals surface area contributed by atoms with E-state index < -0.39 is 0 Å². The Morgan fingerprint density at radius 2 is 1.93 bits per heavy atom. The number of carbonyl (C=O) groups excluding carboxylic acids is 1. The van der Waals surface area contributed by atoms with E-state index in [2.05, 4.69) is 17.2 Å². The van der Waals surface area contributed by atoms with Crippen LogP contribution in [0.5, 0.6) is 11.5 Å². The fraction of sp³-hybridized carbons (Fsp3) is 0.304. The van der Waals surface area contributed by atoms with E-state index in [-0.39, 0.29) is 5.91 Å². The van der Waals surface area contributed by atoms with Crippen molar-refractivity contribution in [3.8, 4) is 22.8 Å². The average molecular weight is 411 g/mol. The van der Waals surface area contributed by atoms with Gasteiger partial charge in [0.05, 0.1) is 19.4 Å². The second kappa shape index (κ2) is 10.1. The topological polar surface area (TPSA) is 60.5 Å². The van der Waals surface area contributed by atoms with Crippen molar-refractivity contribution < 1.29 is 14.3 Å². The van der Waals surface area contributed by atoms with Crippen LogP contribution in [-0.4, -0.2) is 24.6 Å². The summed E-state index contributed by atoms with van der Waals surface area (Å²) in [6.45, 7) is 4.86. The van der Waals surface area contributed by atoms with Crippen molar-refractivity contribution in [2.45, 2.75) is 33.1 Å². The zero-order valence-electron chi connectivity index (χ0n) is 17.0. The number of rotatable bonds is 9. The van der Waals surface area contributed by atoms with Crippen LogP contribution in [0.2, 0.25) is 0 Å². The van der Waals surface area contributed by atoms with E-state index in [4.69, 9.17) is 9.47 Å². The first-order valence-electron chi connectivity index (χ1n) is 9.75. The van der Waals surface area contributed by atoms with Crippen LogP contribution in [0, 0.1) is 6.92 Å². The number of anilines is 1. The molecule has 1 heterocycles. The fourth-order valence-electron chi connectivity index (χ4n) is 2.92. The highest BCUT2D eigenvalue weighted by Crippen LogP contribution is 2.29. The molecule has 0 fully saturated rings. The third-order valence-electron chi connectivity index (χ3n) is 4.55. The number of aromatic nitrogens is 1. The van der Waals surface area contributed by atoms with E-state index in [9.17, 15) is 4.79 Å². The minimum absolute atomic E-state index is 0.186. The largest absolute Gasteiger partial charge is 0.496 e. The van der Waals surface area contributed by atoms with Gasteiger partial charge in [-0.2, -0.15) is 0 Å². The van der Waals surface area contributed by atoms with E-state index in [1.807, 2.05) is 42.6 Å². The lowest BCUT2D eigenvalue weighted by atomic mass is 10.1. The molecular weight excluding hydrogens is 384 g/mol. The third-order valence-corrected chi connectivity index (χ3v) is 5.31. The van der Waals surface area contributed by atoms with Gasteiger partial charge in [-0.1, -0.05) is 19.8 Å². The van der Waals surface area contributed by atoms with E-state index in [0.717, 1.165) is 41.2 Å². The summed E-state index contributed by atoms with van der Waals surface area (Å²) >= 11 is 1.40. The van der Waals surface area contributed by atoms with E-state index in [1.165, 1.54) is 17.8 Å². The molecule has 0 aliphatic rings. The summed E-state index contributed by atoms with van der Waals surface area (Å²) in [6, 6.07) is 13.1.